The molecule has 0 aliphatic carbocycles. The molecule has 0 radical (unpaired) electrons. The maximum Gasteiger partial charge on any atom is 0.541 e. The summed E-state index contributed by atoms with van der Waals surface area (Å²) >= 11 is 0. The van der Waals surface area contributed by atoms with Gasteiger partial charge in [-0.05, 0) is 71.9 Å². The Labute approximate surface area is 292 Å². The number of nitrogens with zero attached hydrogens (tertiary/aromatic N) is 3. The third kappa shape index (κ3) is 7.49. The summed E-state index contributed by atoms with van der Waals surface area (Å²) in [6.07, 6.45) is 0.370. The second kappa shape index (κ2) is 14.5. The van der Waals surface area contributed by atoms with Crippen LogP contribution in [0.5, 0.6) is 0 Å². The Kier molecular flexibility index (Phi) is 10.9. The van der Waals surface area contributed by atoms with Gasteiger partial charge in [0.1, 0.15) is 11.7 Å². The van der Waals surface area contributed by atoms with Crippen LogP contribution in [0.4, 0.5) is 16.2 Å². The van der Waals surface area contributed by atoms with Crippen LogP contribution >= 0.6 is 0 Å². The van der Waals surface area contributed by atoms with E-state index >= 15 is 0 Å². The first-order valence-corrected chi connectivity index (χ1v) is 19.6. The lowest BCUT2D eigenvalue weighted by Gasteiger charge is -2.34. The zero-order valence-corrected chi connectivity index (χ0v) is 30.7. The van der Waals surface area contributed by atoms with E-state index in [1.54, 1.807) is 13.8 Å². The summed E-state index contributed by atoms with van der Waals surface area (Å²) in [5.41, 5.74) is 8.15. The van der Waals surface area contributed by atoms with Crippen molar-refractivity contribution in [1.29, 1.82) is 0 Å². The van der Waals surface area contributed by atoms with Crippen molar-refractivity contribution in [2.24, 2.45) is 40.5 Å². The monoisotopic (exact) mass is 731 g/mol. The van der Waals surface area contributed by atoms with Gasteiger partial charge < -0.3 is 15.3 Å². The smallest absolute Gasteiger partial charge is 0.358 e. The zero-order chi connectivity index (χ0) is 36.7. The van der Waals surface area contributed by atoms with Crippen molar-refractivity contribution in [3.8, 4) is 0 Å². The van der Waals surface area contributed by atoms with Gasteiger partial charge in [0.15, 0.2) is 0 Å². The van der Waals surface area contributed by atoms with Crippen LogP contribution in [0, 0.1) is 34.5 Å². The van der Waals surface area contributed by atoms with Crippen LogP contribution in [0.15, 0.2) is 51.4 Å². The van der Waals surface area contributed by atoms with Crippen LogP contribution < -0.4 is 11.2 Å². The molecular formula is C34H45N5O9S2. The Morgan fingerprint density at radius 1 is 0.780 bits per heavy atom. The first-order chi connectivity index (χ1) is 23.4. The second-order valence-corrected chi connectivity index (χ2v) is 18.3. The lowest BCUT2D eigenvalue weighted by molar-refractivity contribution is -0.142. The van der Waals surface area contributed by atoms with E-state index in [4.69, 9.17) is 15.3 Å². The van der Waals surface area contributed by atoms with E-state index in [1.165, 1.54) is 45.0 Å². The SMILES string of the molecule is CC(C)[C@H](N)C(=O)OC(=O)ONc1c2ccc(S(=O)(=O)N3C[C@H](C)C[C@H](C)C3)cc2c(N=O)c2cc(S(=O)(=O)N3C[C@H](C)C[C@H](C)C3)ccc12. The number of sulfonamides is 2. The molecule has 5 atom stereocenters. The highest BCUT2D eigenvalue weighted by atomic mass is 32.2. The van der Waals surface area contributed by atoms with E-state index in [9.17, 15) is 31.3 Å². The Hall–Kier alpha value is -3.70. The quantitative estimate of drug-likeness (QED) is 0.0899. The summed E-state index contributed by atoms with van der Waals surface area (Å²) in [6, 6.07) is 7.21. The molecular weight excluding hydrogens is 687 g/mol. The Balaban J connectivity index is 1.65. The van der Waals surface area contributed by atoms with Crippen molar-refractivity contribution < 1.29 is 36.0 Å². The third-order valence-corrected chi connectivity index (χ3v) is 13.1. The molecule has 2 saturated heterocycles. The first kappa shape index (κ1) is 37.6. The minimum absolute atomic E-state index is 0.0684. The largest absolute Gasteiger partial charge is 0.541 e. The fraction of sp³-hybridized carbons (Fsp3) is 0.529. The summed E-state index contributed by atoms with van der Waals surface area (Å²) in [7, 11) is -8.02. The zero-order valence-electron chi connectivity index (χ0n) is 29.1. The second-order valence-electron chi connectivity index (χ2n) is 14.4. The van der Waals surface area contributed by atoms with E-state index in [-0.39, 0.29) is 72.3 Å². The van der Waals surface area contributed by atoms with Crippen LogP contribution in [0.25, 0.3) is 21.5 Å². The van der Waals surface area contributed by atoms with Gasteiger partial charge in [0.05, 0.1) is 15.5 Å². The van der Waals surface area contributed by atoms with Gasteiger partial charge in [-0.1, -0.05) is 53.7 Å². The van der Waals surface area contributed by atoms with Crippen molar-refractivity contribution in [2.75, 3.05) is 31.7 Å². The molecule has 5 rings (SSSR count). The van der Waals surface area contributed by atoms with Crippen molar-refractivity contribution in [1.82, 2.24) is 8.61 Å². The lowest BCUT2D eigenvalue weighted by Crippen LogP contribution is -2.42. The Morgan fingerprint density at radius 3 is 1.58 bits per heavy atom. The predicted octanol–water partition coefficient (Wildman–Crippen LogP) is 5.71. The number of rotatable bonds is 9. The number of ether oxygens (including phenoxy) is 1. The van der Waals surface area contributed by atoms with Gasteiger partial charge in [0.2, 0.25) is 20.0 Å². The average Bonchev–Trinajstić information content (AvgIpc) is 3.04. The summed E-state index contributed by atoms with van der Waals surface area (Å²) < 4.78 is 63.1. The summed E-state index contributed by atoms with van der Waals surface area (Å²) in [5.74, 6) is -0.744. The van der Waals surface area contributed by atoms with Crippen LogP contribution in [0.3, 0.4) is 0 Å². The lowest BCUT2D eigenvalue weighted by atomic mass is 9.94. The molecule has 0 unspecified atom stereocenters. The number of carbonyl (C=O) groups is 2. The molecule has 2 aliphatic heterocycles. The number of nitrogens with two attached hydrogens (primary N) is 1. The van der Waals surface area contributed by atoms with Crippen LogP contribution in [-0.2, 0) is 34.4 Å². The maximum absolute atomic E-state index is 13.9. The van der Waals surface area contributed by atoms with Gasteiger partial charge in [-0.3, -0.25) is 0 Å². The molecule has 0 spiro atoms. The number of piperidine rings is 2. The van der Waals surface area contributed by atoms with Crippen LogP contribution in [0.1, 0.15) is 54.4 Å². The Morgan fingerprint density at radius 2 is 1.20 bits per heavy atom. The molecule has 0 saturated carbocycles. The molecule has 0 bridgehead atoms. The molecule has 0 aromatic heterocycles. The number of anilines is 1. The topological polar surface area (TPSA) is 195 Å². The molecule has 2 heterocycles. The number of esters is 1. The molecule has 3 N–H and O–H groups in total. The number of benzene rings is 3. The molecule has 0 amide bonds. The van der Waals surface area contributed by atoms with E-state index in [0.717, 1.165) is 12.8 Å². The molecule has 50 heavy (non-hydrogen) atoms. The summed E-state index contributed by atoms with van der Waals surface area (Å²) in [5, 5.41) is 3.88. The molecule has 14 nitrogen and oxygen atoms in total. The van der Waals surface area contributed by atoms with Crippen LogP contribution in [-0.4, -0.2) is 69.8 Å². The van der Waals surface area contributed by atoms with E-state index in [0.29, 0.717) is 26.2 Å². The fourth-order valence-electron chi connectivity index (χ4n) is 7.13. The highest BCUT2D eigenvalue weighted by Gasteiger charge is 2.34. The van der Waals surface area contributed by atoms with Crippen molar-refractivity contribution in [2.45, 2.75) is 70.2 Å². The maximum atomic E-state index is 13.9. The minimum atomic E-state index is -4.01. The number of hydrogen-bond donors (Lipinski definition) is 2. The van der Waals surface area contributed by atoms with Crippen LogP contribution in [0.2, 0.25) is 0 Å². The van der Waals surface area contributed by atoms with Gasteiger partial charge in [-0.15, -0.1) is 4.91 Å². The number of nitroso groups, excluding NO2 is 1. The summed E-state index contributed by atoms with van der Waals surface area (Å²) in [4.78, 5) is 42.4. The number of hydrogen-bond acceptors (Lipinski definition) is 12. The molecule has 2 aliphatic rings. The first-order valence-electron chi connectivity index (χ1n) is 16.7. The number of nitrogens with one attached hydrogen (secondary N) is 1. The van der Waals surface area contributed by atoms with Gasteiger partial charge >= 0.3 is 12.1 Å². The minimum Gasteiger partial charge on any atom is -0.358 e. The summed E-state index contributed by atoms with van der Waals surface area (Å²) in [6.45, 7) is 12.6. The van der Waals surface area contributed by atoms with E-state index in [1.807, 2.05) is 27.7 Å². The van der Waals surface area contributed by atoms with Gasteiger partial charge in [0.25, 0.3) is 0 Å². The highest BCUT2D eigenvalue weighted by molar-refractivity contribution is 7.89. The molecule has 3 aromatic rings. The van der Waals surface area contributed by atoms with Crippen molar-refractivity contribution >= 4 is 65.1 Å². The number of carbonyl (C=O) groups excluding carboxylic acids is 2. The number of fused-ring (bicyclic) bond motifs is 2. The third-order valence-electron chi connectivity index (χ3n) is 9.48. The van der Waals surface area contributed by atoms with Crippen molar-refractivity contribution in [3.05, 3.63) is 41.3 Å². The normalized spacial score (nSPS) is 23.1. The molecule has 16 heteroatoms. The standard InChI is InChI=1S/C34H45N5O9S2/c1-19(2)30(35)33(40)47-34(41)48-37-32-26-9-7-24(49(43,44)38-15-20(3)11-21(4)16-38)13-28(26)31(36-42)29-14-25(8-10-27(29)32)50(45,46)39-17-22(5)12-23(6)18-39/h7-10,13-14,19-23,30,37H,11-12,15-18,35H2,1-6H3/t20-,21+,22-,23+,30-/m0/s1. The van der Waals surface area contributed by atoms with Crippen molar-refractivity contribution in [3.63, 3.8) is 0 Å². The molecule has 272 valence electrons. The van der Waals surface area contributed by atoms with E-state index < -0.39 is 38.2 Å². The van der Waals surface area contributed by atoms with Gasteiger partial charge in [-0.2, -0.15) is 8.61 Å². The van der Waals surface area contributed by atoms with Gasteiger partial charge in [0, 0.05) is 47.7 Å². The fourth-order valence-corrected chi connectivity index (χ4v) is 10.5. The Bertz CT molecular complexity index is 1900. The predicted molar refractivity (Wildman–Crippen MR) is 189 cm³/mol. The highest BCUT2D eigenvalue weighted by Crippen LogP contribution is 2.44. The molecule has 3 aromatic carbocycles. The molecule has 2 fully saturated rings. The van der Waals surface area contributed by atoms with E-state index in [2.05, 4.69) is 10.7 Å². The average molecular weight is 732 g/mol. The van der Waals surface area contributed by atoms with Gasteiger partial charge in [-0.25, -0.2) is 31.9 Å².